The molecule has 3 heterocycles. The van der Waals surface area contributed by atoms with Crippen molar-refractivity contribution in [2.75, 3.05) is 16.4 Å². The van der Waals surface area contributed by atoms with Crippen LogP contribution in [0.2, 0.25) is 0 Å². The second kappa shape index (κ2) is 7.10. The van der Waals surface area contributed by atoms with Crippen molar-refractivity contribution in [3.05, 3.63) is 64.2 Å². The molecule has 0 spiro atoms. The van der Waals surface area contributed by atoms with Crippen LogP contribution in [0.4, 0.5) is 17.2 Å². The van der Waals surface area contributed by atoms with Gasteiger partial charge in [0.25, 0.3) is 5.91 Å². The van der Waals surface area contributed by atoms with Crippen molar-refractivity contribution in [1.82, 2.24) is 9.97 Å². The molecule has 3 rings (SSSR count). The zero-order chi connectivity index (χ0) is 16.9. The maximum absolute atomic E-state index is 12.2. The molecule has 0 saturated carbocycles. The van der Waals surface area contributed by atoms with E-state index < -0.39 is 0 Å². The molecule has 0 unspecified atom stereocenters. The lowest BCUT2D eigenvalue weighted by molar-refractivity contribution is 0.103. The van der Waals surface area contributed by atoms with Gasteiger partial charge in [-0.15, -0.1) is 11.3 Å². The van der Waals surface area contributed by atoms with E-state index in [2.05, 4.69) is 20.6 Å². The number of amides is 1. The number of carbonyl (C=O) groups is 1. The molecule has 0 aromatic carbocycles. The van der Waals surface area contributed by atoms with Crippen LogP contribution >= 0.6 is 11.3 Å². The lowest BCUT2D eigenvalue weighted by Gasteiger charge is -2.09. The van der Waals surface area contributed by atoms with Crippen LogP contribution in [-0.2, 0) is 6.54 Å². The van der Waals surface area contributed by atoms with E-state index in [0.717, 1.165) is 16.3 Å². The Bertz CT molecular complexity index is 861. The molecular formula is C17H17N5OS. The molecule has 3 aromatic rings. The maximum atomic E-state index is 12.2. The van der Waals surface area contributed by atoms with Crippen molar-refractivity contribution in [2.45, 2.75) is 13.5 Å². The number of aryl methyl sites for hydroxylation is 1. The van der Waals surface area contributed by atoms with Crippen LogP contribution in [0.15, 0.2) is 48.8 Å². The number of aromatic nitrogens is 2. The standard InChI is InChI=1S/C17H17N5OS/c1-11-4-5-15(24-11)17(23)22-12-6-8-19-13(9-12)10-21-14-3-2-7-20-16(14)18/h2-9,21H,10H2,1H3,(H2,18,20)(H,19,22,23). The van der Waals surface area contributed by atoms with Crippen LogP contribution in [-0.4, -0.2) is 15.9 Å². The van der Waals surface area contributed by atoms with Crippen molar-refractivity contribution < 1.29 is 4.79 Å². The lowest BCUT2D eigenvalue weighted by atomic mass is 10.3. The van der Waals surface area contributed by atoms with Crippen LogP contribution in [0.3, 0.4) is 0 Å². The van der Waals surface area contributed by atoms with Gasteiger partial charge in [0.15, 0.2) is 0 Å². The number of nitrogen functional groups attached to an aromatic ring is 1. The molecule has 0 fully saturated rings. The summed E-state index contributed by atoms with van der Waals surface area (Å²) in [6.45, 7) is 2.46. The molecule has 3 aromatic heterocycles. The van der Waals surface area contributed by atoms with Gasteiger partial charge in [-0.05, 0) is 43.3 Å². The van der Waals surface area contributed by atoms with Crippen molar-refractivity contribution >= 4 is 34.4 Å². The summed E-state index contributed by atoms with van der Waals surface area (Å²) in [4.78, 5) is 22.3. The van der Waals surface area contributed by atoms with Crippen LogP contribution in [0.25, 0.3) is 0 Å². The molecule has 7 heteroatoms. The zero-order valence-corrected chi connectivity index (χ0v) is 13.9. The molecular weight excluding hydrogens is 322 g/mol. The van der Waals surface area contributed by atoms with Gasteiger partial charge in [0.1, 0.15) is 5.82 Å². The molecule has 0 aliphatic rings. The van der Waals surface area contributed by atoms with Gasteiger partial charge in [-0.3, -0.25) is 9.78 Å². The summed E-state index contributed by atoms with van der Waals surface area (Å²) in [5.74, 6) is 0.324. The number of thiophene rings is 1. The number of hydrogen-bond donors (Lipinski definition) is 3. The molecule has 122 valence electrons. The number of pyridine rings is 2. The van der Waals surface area contributed by atoms with Gasteiger partial charge in [0, 0.05) is 23.0 Å². The monoisotopic (exact) mass is 339 g/mol. The highest BCUT2D eigenvalue weighted by Crippen LogP contribution is 2.18. The summed E-state index contributed by atoms with van der Waals surface area (Å²) in [5, 5.41) is 6.07. The molecule has 0 atom stereocenters. The van der Waals surface area contributed by atoms with Gasteiger partial charge in [0.2, 0.25) is 0 Å². The van der Waals surface area contributed by atoms with Crippen molar-refractivity contribution in [3.8, 4) is 0 Å². The minimum atomic E-state index is -0.116. The van der Waals surface area contributed by atoms with E-state index in [4.69, 9.17) is 5.73 Å². The Morgan fingerprint density at radius 2 is 2.08 bits per heavy atom. The number of rotatable bonds is 5. The first-order chi connectivity index (χ1) is 11.6. The largest absolute Gasteiger partial charge is 0.382 e. The minimum absolute atomic E-state index is 0.116. The van der Waals surface area contributed by atoms with E-state index in [9.17, 15) is 4.79 Å². The van der Waals surface area contributed by atoms with Crippen LogP contribution in [0, 0.1) is 6.92 Å². The maximum Gasteiger partial charge on any atom is 0.265 e. The summed E-state index contributed by atoms with van der Waals surface area (Å²) < 4.78 is 0. The predicted octanol–water partition coefficient (Wildman–Crippen LogP) is 3.29. The Balaban J connectivity index is 1.66. The van der Waals surface area contributed by atoms with E-state index in [0.29, 0.717) is 22.9 Å². The molecule has 0 bridgehead atoms. The average molecular weight is 339 g/mol. The Labute approximate surface area is 143 Å². The second-order valence-electron chi connectivity index (χ2n) is 5.19. The summed E-state index contributed by atoms with van der Waals surface area (Å²) in [6.07, 6.45) is 3.31. The third-order valence-corrected chi connectivity index (χ3v) is 4.34. The number of nitrogens with two attached hydrogens (primary N) is 1. The number of hydrogen-bond acceptors (Lipinski definition) is 6. The van der Waals surface area contributed by atoms with Gasteiger partial charge < -0.3 is 16.4 Å². The highest BCUT2D eigenvalue weighted by molar-refractivity contribution is 7.14. The third-order valence-electron chi connectivity index (χ3n) is 3.34. The molecule has 0 aliphatic carbocycles. The fraction of sp³-hybridized carbons (Fsp3) is 0.118. The number of nitrogens with zero attached hydrogens (tertiary/aromatic N) is 2. The first-order valence-corrected chi connectivity index (χ1v) is 8.20. The first kappa shape index (κ1) is 15.9. The number of nitrogens with one attached hydrogen (secondary N) is 2. The molecule has 0 saturated heterocycles. The quantitative estimate of drug-likeness (QED) is 0.663. The Morgan fingerprint density at radius 3 is 2.83 bits per heavy atom. The van der Waals surface area contributed by atoms with Crippen molar-refractivity contribution in [3.63, 3.8) is 0 Å². The minimum Gasteiger partial charge on any atom is -0.382 e. The van der Waals surface area contributed by atoms with E-state index in [-0.39, 0.29) is 5.91 Å². The Kier molecular flexibility index (Phi) is 4.72. The molecule has 24 heavy (non-hydrogen) atoms. The smallest absolute Gasteiger partial charge is 0.265 e. The van der Waals surface area contributed by atoms with Gasteiger partial charge in [0.05, 0.1) is 22.8 Å². The highest BCUT2D eigenvalue weighted by Gasteiger charge is 2.09. The van der Waals surface area contributed by atoms with E-state index in [1.54, 1.807) is 18.5 Å². The third kappa shape index (κ3) is 3.88. The van der Waals surface area contributed by atoms with Crippen LogP contribution in [0.5, 0.6) is 0 Å². The average Bonchev–Trinajstić information content (AvgIpc) is 3.01. The van der Waals surface area contributed by atoms with Gasteiger partial charge in [-0.2, -0.15) is 0 Å². The summed E-state index contributed by atoms with van der Waals surface area (Å²) in [7, 11) is 0. The van der Waals surface area contributed by atoms with Crippen LogP contribution < -0.4 is 16.4 Å². The Morgan fingerprint density at radius 1 is 1.21 bits per heavy atom. The summed E-state index contributed by atoms with van der Waals surface area (Å²) >= 11 is 1.47. The topological polar surface area (TPSA) is 92.9 Å². The normalized spacial score (nSPS) is 10.4. The molecule has 0 radical (unpaired) electrons. The van der Waals surface area contributed by atoms with Gasteiger partial charge >= 0.3 is 0 Å². The highest BCUT2D eigenvalue weighted by atomic mass is 32.1. The number of anilines is 3. The molecule has 6 nitrogen and oxygen atoms in total. The Hall–Kier alpha value is -2.93. The number of carbonyl (C=O) groups excluding carboxylic acids is 1. The van der Waals surface area contributed by atoms with Crippen LogP contribution in [0.1, 0.15) is 20.2 Å². The fourth-order valence-electron chi connectivity index (χ4n) is 2.15. The van der Waals surface area contributed by atoms with E-state index in [1.165, 1.54) is 11.3 Å². The molecule has 1 amide bonds. The zero-order valence-electron chi connectivity index (χ0n) is 13.1. The van der Waals surface area contributed by atoms with Crippen molar-refractivity contribution in [2.24, 2.45) is 0 Å². The van der Waals surface area contributed by atoms with E-state index >= 15 is 0 Å². The molecule has 4 N–H and O–H groups in total. The fourth-order valence-corrected chi connectivity index (χ4v) is 2.92. The summed E-state index contributed by atoms with van der Waals surface area (Å²) in [6, 6.07) is 11.0. The second-order valence-corrected chi connectivity index (χ2v) is 6.48. The van der Waals surface area contributed by atoms with Gasteiger partial charge in [-0.1, -0.05) is 0 Å². The first-order valence-electron chi connectivity index (χ1n) is 7.39. The predicted molar refractivity (Wildman–Crippen MR) is 97.2 cm³/mol. The van der Waals surface area contributed by atoms with Gasteiger partial charge in [-0.25, -0.2) is 4.98 Å². The lowest BCUT2D eigenvalue weighted by Crippen LogP contribution is -2.11. The van der Waals surface area contributed by atoms with E-state index in [1.807, 2.05) is 37.3 Å². The molecule has 0 aliphatic heterocycles. The SMILES string of the molecule is Cc1ccc(C(=O)Nc2ccnc(CNc3cccnc3N)c2)s1. The summed E-state index contributed by atoms with van der Waals surface area (Å²) in [5.41, 5.74) is 8.05. The van der Waals surface area contributed by atoms with Crippen molar-refractivity contribution in [1.29, 1.82) is 0 Å².